The van der Waals surface area contributed by atoms with Gasteiger partial charge in [0.05, 0.1) is 0 Å². The van der Waals surface area contributed by atoms with Gasteiger partial charge in [0.1, 0.15) is 18.2 Å². The number of benzene rings is 2. The van der Waals surface area contributed by atoms with Gasteiger partial charge < -0.3 is 10.1 Å². The fourth-order valence-corrected chi connectivity index (χ4v) is 2.21. The van der Waals surface area contributed by atoms with Gasteiger partial charge >= 0.3 is 0 Å². The van der Waals surface area contributed by atoms with Gasteiger partial charge in [0.2, 0.25) is 0 Å². The van der Waals surface area contributed by atoms with E-state index in [4.69, 9.17) is 4.74 Å². The number of aryl methyl sites for hydroxylation is 1. The van der Waals surface area contributed by atoms with Gasteiger partial charge in [0.25, 0.3) is 0 Å². The SMILES string of the molecule is Cc1ccc(F)cc1COc1ccc(CNC2CC2)cc1. The minimum atomic E-state index is -0.222. The standard InChI is InChI=1S/C18H20FNO/c1-13-2-5-16(19)10-15(13)12-21-18-8-3-14(4-9-18)11-20-17-6-7-17/h2-5,8-10,17,20H,6-7,11-12H2,1H3. The lowest BCUT2D eigenvalue weighted by molar-refractivity contribution is 0.304. The van der Waals surface area contributed by atoms with Crippen molar-refractivity contribution in [2.24, 2.45) is 0 Å². The average molecular weight is 285 g/mol. The first kappa shape index (κ1) is 14.1. The van der Waals surface area contributed by atoms with Crippen LogP contribution in [-0.4, -0.2) is 6.04 Å². The van der Waals surface area contributed by atoms with Gasteiger partial charge in [-0.3, -0.25) is 0 Å². The predicted octanol–water partition coefficient (Wildman–Crippen LogP) is 3.97. The minimum absolute atomic E-state index is 0.222. The van der Waals surface area contributed by atoms with Gasteiger partial charge in [-0.05, 0) is 60.7 Å². The molecule has 3 rings (SSSR count). The molecule has 0 amide bonds. The van der Waals surface area contributed by atoms with Crippen LogP contribution in [0.15, 0.2) is 42.5 Å². The van der Waals surface area contributed by atoms with Crippen molar-refractivity contribution in [1.29, 1.82) is 0 Å². The summed E-state index contributed by atoms with van der Waals surface area (Å²) in [5.74, 6) is 0.592. The van der Waals surface area contributed by atoms with Crippen molar-refractivity contribution in [3.63, 3.8) is 0 Å². The fraction of sp³-hybridized carbons (Fsp3) is 0.333. The van der Waals surface area contributed by atoms with Crippen molar-refractivity contribution in [3.05, 3.63) is 65.0 Å². The summed E-state index contributed by atoms with van der Waals surface area (Å²) < 4.78 is 19.0. The number of rotatable bonds is 6. The highest BCUT2D eigenvalue weighted by Gasteiger charge is 2.19. The average Bonchev–Trinajstić information content (AvgIpc) is 3.31. The van der Waals surface area contributed by atoms with E-state index in [2.05, 4.69) is 17.4 Å². The summed E-state index contributed by atoms with van der Waals surface area (Å²) >= 11 is 0. The van der Waals surface area contributed by atoms with Crippen LogP contribution in [0.5, 0.6) is 5.75 Å². The van der Waals surface area contributed by atoms with E-state index in [1.165, 1.54) is 30.5 Å². The second kappa shape index (κ2) is 6.27. The van der Waals surface area contributed by atoms with E-state index in [0.717, 1.165) is 29.5 Å². The van der Waals surface area contributed by atoms with Crippen molar-refractivity contribution in [3.8, 4) is 5.75 Å². The molecule has 0 radical (unpaired) electrons. The van der Waals surface area contributed by atoms with E-state index in [0.29, 0.717) is 6.61 Å². The number of nitrogens with one attached hydrogen (secondary N) is 1. The molecule has 110 valence electrons. The van der Waals surface area contributed by atoms with Crippen LogP contribution in [-0.2, 0) is 13.2 Å². The van der Waals surface area contributed by atoms with E-state index in [1.807, 2.05) is 19.1 Å². The van der Waals surface area contributed by atoms with Gasteiger partial charge in [-0.25, -0.2) is 4.39 Å². The summed E-state index contributed by atoms with van der Waals surface area (Å²) in [6.07, 6.45) is 2.60. The summed E-state index contributed by atoms with van der Waals surface area (Å²) in [5.41, 5.74) is 3.19. The molecule has 3 heteroatoms. The van der Waals surface area contributed by atoms with Crippen LogP contribution in [0.25, 0.3) is 0 Å². The van der Waals surface area contributed by atoms with Gasteiger partial charge in [0.15, 0.2) is 0 Å². The molecule has 1 fully saturated rings. The molecule has 1 aliphatic rings. The van der Waals surface area contributed by atoms with Crippen molar-refractivity contribution in [2.75, 3.05) is 0 Å². The molecule has 2 aromatic rings. The van der Waals surface area contributed by atoms with Gasteiger partial charge in [0, 0.05) is 12.6 Å². The molecule has 0 saturated heterocycles. The Hall–Kier alpha value is -1.87. The molecule has 21 heavy (non-hydrogen) atoms. The third-order valence-electron chi connectivity index (χ3n) is 3.80. The summed E-state index contributed by atoms with van der Waals surface area (Å²) in [5, 5.41) is 3.48. The summed E-state index contributed by atoms with van der Waals surface area (Å²) in [4.78, 5) is 0. The maximum Gasteiger partial charge on any atom is 0.123 e. The molecule has 1 N–H and O–H groups in total. The number of halogens is 1. The second-order valence-electron chi connectivity index (χ2n) is 5.66. The Morgan fingerprint density at radius 3 is 2.62 bits per heavy atom. The molecule has 2 nitrogen and oxygen atoms in total. The zero-order chi connectivity index (χ0) is 14.7. The van der Waals surface area contributed by atoms with Crippen LogP contribution in [0.3, 0.4) is 0 Å². The summed E-state index contributed by atoms with van der Waals surface area (Å²) in [7, 11) is 0. The Morgan fingerprint density at radius 1 is 1.14 bits per heavy atom. The Morgan fingerprint density at radius 2 is 1.90 bits per heavy atom. The topological polar surface area (TPSA) is 21.3 Å². The third-order valence-corrected chi connectivity index (χ3v) is 3.80. The van der Waals surface area contributed by atoms with Crippen LogP contribution < -0.4 is 10.1 Å². The predicted molar refractivity (Wildman–Crippen MR) is 81.8 cm³/mol. The molecule has 1 saturated carbocycles. The van der Waals surface area contributed by atoms with Crippen molar-refractivity contribution in [2.45, 2.75) is 39.0 Å². The fourth-order valence-electron chi connectivity index (χ4n) is 2.21. The molecular formula is C18H20FNO. The molecule has 0 atom stereocenters. The van der Waals surface area contributed by atoms with Crippen molar-refractivity contribution in [1.82, 2.24) is 5.32 Å². The van der Waals surface area contributed by atoms with Crippen LogP contribution >= 0.6 is 0 Å². The van der Waals surface area contributed by atoms with Crippen LogP contribution in [0.2, 0.25) is 0 Å². The first-order valence-corrected chi connectivity index (χ1v) is 7.41. The van der Waals surface area contributed by atoms with E-state index >= 15 is 0 Å². The lowest BCUT2D eigenvalue weighted by Gasteiger charge is -2.10. The quantitative estimate of drug-likeness (QED) is 0.867. The van der Waals surface area contributed by atoms with Gasteiger partial charge in [-0.15, -0.1) is 0 Å². The maximum atomic E-state index is 13.2. The molecular weight excluding hydrogens is 265 g/mol. The van der Waals surface area contributed by atoms with Crippen molar-refractivity contribution >= 4 is 0 Å². The minimum Gasteiger partial charge on any atom is -0.489 e. The van der Waals surface area contributed by atoms with E-state index in [9.17, 15) is 4.39 Å². The number of ether oxygens (including phenoxy) is 1. The molecule has 0 heterocycles. The molecule has 0 bridgehead atoms. The Balaban J connectivity index is 1.55. The van der Waals surface area contributed by atoms with E-state index in [-0.39, 0.29) is 5.82 Å². The van der Waals surface area contributed by atoms with Gasteiger partial charge in [-0.2, -0.15) is 0 Å². The monoisotopic (exact) mass is 285 g/mol. The Bertz CT molecular complexity index is 605. The number of hydrogen-bond acceptors (Lipinski definition) is 2. The van der Waals surface area contributed by atoms with E-state index in [1.54, 1.807) is 6.07 Å². The third kappa shape index (κ3) is 4.05. The molecule has 0 aliphatic heterocycles. The van der Waals surface area contributed by atoms with Crippen LogP contribution in [0, 0.1) is 12.7 Å². The molecule has 0 unspecified atom stereocenters. The van der Waals surface area contributed by atoms with E-state index < -0.39 is 0 Å². The molecule has 0 aromatic heterocycles. The largest absolute Gasteiger partial charge is 0.489 e. The van der Waals surface area contributed by atoms with Crippen LogP contribution in [0.1, 0.15) is 29.5 Å². The highest BCUT2D eigenvalue weighted by Crippen LogP contribution is 2.20. The van der Waals surface area contributed by atoms with Crippen molar-refractivity contribution < 1.29 is 9.13 Å². The highest BCUT2D eigenvalue weighted by atomic mass is 19.1. The second-order valence-corrected chi connectivity index (χ2v) is 5.66. The first-order chi connectivity index (χ1) is 10.2. The lowest BCUT2D eigenvalue weighted by Crippen LogP contribution is -2.15. The zero-order valence-electron chi connectivity index (χ0n) is 12.2. The zero-order valence-corrected chi connectivity index (χ0v) is 12.2. The lowest BCUT2D eigenvalue weighted by atomic mass is 10.1. The summed E-state index contributed by atoms with van der Waals surface area (Å²) in [6.45, 7) is 3.27. The maximum absolute atomic E-state index is 13.2. The van der Waals surface area contributed by atoms with Crippen LogP contribution in [0.4, 0.5) is 4.39 Å². The van der Waals surface area contributed by atoms with Gasteiger partial charge in [-0.1, -0.05) is 18.2 Å². The Kier molecular flexibility index (Phi) is 4.20. The normalized spacial score (nSPS) is 14.2. The first-order valence-electron chi connectivity index (χ1n) is 7.41. The smallest absolute Gasteiger partial charge is 0.123 e. The highest BCUT2D eigenvalue weighted by molar-refractivity contribution is 5.29. The number of hydrogen-bond donors (Lipinski definition) is 1. The molecule has 1 aliphatic carbocycles. The molecule has 2 aromatic carbocycles. The Labute approximate surface area is 125 Å². The molecule has 0 spiro atoms. The summed E-state index contributed by atoms with van der Waals surface area (Å²) in [6, 6.07) is 13.6.